The maximum absolute atomic E-state index is 2.55. The van der Waals surface area contributed by atoms with E-state index in [0.717, 1.165) is 35.0 Å². The van der Waals surface area contributed by atoms with Crippen molar-refractivity contribution in [3.05, 3.63) is 47.6 Å². The molecule has 182 valence electrons. The van der Waals surface area contributed by atoms with Crippen LogP contribution in [0.1, 0.15) is 69.2 Å². The van der Waals surface area contributed by atoms with Gasteiger partial charge >= 0.3 is 0 Å². The Balaban J connectivity index is 2.21. The van der Waals surface area contributed by atoms with Crippen LogP contribution in [0.3, 0.4) is 0 Å². The van der Waals surface area contributed by atoms with E-state index in [1.54, 1.807) is 11.1 Å². The molecule has 0 aliphatic heterocycles. The highest BCUT2D eigenvalue weighted by atomic mass is 31.1. The molecule has 0 N–H and O–H groups in total. The van der Waals surface area contributed by atoms with Crippen molar-refractivity contribution in [2.75, 3.05) is 24.6 Å². The second-order valence-corrected chi connectivity index (χ2v) is 17.4. The highest BCUT2D eigenvalue weighted by molar-refractivity contribution is 7.59. The van der Waals surface area contributed by atoms with E-state index in [1.807, 2.05) is 0 Å². The van der Waals surface area contributed by atoms with Gasteiger partial charge in [0.1, 0.15) is 0 Å². The van der Waals surface area contributed by atoms with E-state index in [4.69, 9.17) is 0 Å². The Morgan fingerprint density at radius 3 is 1.06 bits per heavy atom. The Morgan fingerprint density at radius 1 is 0.531 bits per heavy atom. The van der Waals surface area contributed by atoms with Crippen LogP contribution in [0.25, 0.3) is 0 Å². The first-order valence-electron chi connectivity index (χ1n) is 13.3. The van der Waals surface area contributed by atoms with Gasteiger partial charge in [-0.2, -0.15) is 0 Å². The van der Waals surface area contributed by atoms with Crippen molar-refractivity contribution < 1.29 is 0 Å². The van der Waals surface area contributed by atoms with Crippen LogP contribution < -0.4 is 0 Å². The van der Waals surface area contributed by atoms with Gasteiger partial charge in [-0.25, -0.2) is 0 Å². The smallest absolute Gasteiger partial charge is 0.00899 e. The molecule has 2 rings (SSSR count). The van der Waals surface area contributed by atoms with Crippen molar-refractivity contribution in [2.24, 2.45) is 35.5 Å². The fraction of sp³-hybridized carbons (Fsp3) is 0.733. The maximum Gasteiger partial charge on any atom is 0.00899 e. The molecule has 0 aromatic carbocycles. The molecule has 0 nitrogen and oxygen atoms in total. The normalized spacial score (nSPS) is 22.9. The molecule has 32 heavy (non-hydrogen) atoms. The zero-order chi connectivity index (χ0) is 24.0. The van der Waals surface area contributed by atoms with E-state index >= 15 is 0 Å². The standard InChI is InChI=1S/C30H52P2/c1-21(2)17-31(18-22(3)4)25(9)27-13-11-15-29(27)30-16-12-14-28(30)26(10)32(19-23(5)6)20-24(7)8/h11-16,21-26,29-30H,17-20H2,1-10H3/t25-,26-,29?,30?/m1/s1. The molecule has 0 bridgehead atoms. The lowest BCUT2D eigenvalue weighted by atomic mass is 9.82. The van der Waals surface area contributed by atoms with Gasteiger partial charge in [0.2, 0.25) is 0 Å². The Labute approximate surface area is 204 Å². The van der Waals surface area contributed by atoms with Crippen LogP contribution in [0.5, 0.6) is 0 Å². The number of hydrogen-bond acceptors (Lipinski definition) is 0. The van der Waals surface area contributed by atoms with Gasteiger partial charge in [0, 0.05) is 11.8 Å². The van der Waals surface area contributed by atoms with Crippen LogP contribution in [0.4, 0.5) is 0 Å². The largest absolute Gasteiger partial charge is 0.0991 e. The van der Waals surface area contributed by atoms with Gasteiger partial charge < -0.3 is 0 Å². The van der Waals surface area contributed by atoms with Crippen molar-refractivity contribution in [2.45, 2.75) is 80.6 Å². The van der Waals surface area contributed by atoms with E-state index < -0.39 is 0 Å². The van der Waals surface area contributed by atoms with Crippen LogP contribution >= 0.6 is 15.8 Å². The van der Waals surface area contributed by atoms with E-state index in [9.17, 15) is 0 Å². The van der Waals surface area contributed by atoms with Crippen molar-refractivity contribution in [1.82, 2.24) is 0 Å². The Bertz CT molecular complexity index is 612. The minimum absolute atomic E-state index is 0.0339. The summed E-state index contributed by atoms with van der Waals surface area (Å²) in [5.74, 6) is 4.36. The first kappa shape index (κ1) is 28.1. The maximum atomic E-state index is 2.55. The van der Waals surface area contributed by atoms with E-state index in [2.05, 4.69) is 106 Å². The number of hydrogen-bond donors (Lipinski definition) is 0. The predicted molar refractivity (Wildman–Crippen MR) is 153 cm³/mol. The first-order valence-corrected chi connectivity index (χ1v) is 16.8. The molecule has 2 heteroatoms. The Hall–Kier alpha value is -0.180. The van der Waals surface area contributed by atoms with Crippen molar-refractivity contribution >= 4 is 15.8 Å². The molecule has 0 spiro atoms. The average molecular weight is 475 g/mol. The molecular weight excluding hydrogens is 422 g/mol. The summed E-state index contributed by atoms with van der Waals surface area (Å²) in [6, 6.07) is 0. The second-order valence-electron chi connectivity index (χ2n) is 12.0. The second kappa shape index (κ2) is 13.1. The van der Waals surface area contributed by atoms with Crippen LogP contribution in [0.15, 0.2) is 47.6 Å². The van der Waals surface area contributed by atoms with E-state index in [-0.39, 0.29) is 15.8 Å². The van der Waals surface area contributed by atoms with Gasteiger partial charge in [-0.05, 0) is 59.6 Å². The summed E-state index contributed by atoms with van der Waals surface area (Å²) in [5, 5.41) is 0. The minimum Gasteiger partial charge on any atom is -0.0991 e. The van der Waals surface area contributed by atoms with Crippen LogP contribution in [-0.2, 0) is 0 Å². The Kier molecular flexibility index (Phi) is 11.4. The molecule has 2 aliphatic rings. The molecule has 4 atom stereocenters. The van der Waals surface area contributed by atoms with Crippen LogP contribution in [-0.4, -0.2) is 36.0 Å². The van der Waals surface area contributed by atoms with E-state index in [0.29, 0.717) is 11.8 Å². The van der Waals surface area contributed by atoms with Crippen molar-refractivity contribution in [3.63, 3.8) is 0 Å². The average Bonchev–Trinajstić information content (AvgIpc) is 3.33. The van der Waals surface area contributed by atoms with Crippen molar-refractivity contribution in [1.29, 1.82) is 0 Å². The van der Waals surface area contributed by atoms with Gasteiger partial charge in [0.05, 0.1) is 0 Å². The quantitative estimate of drug-likeness (QED) is 0.233. The van der Waals surface area contributed by atoms with Gasteiger partial charge in [-0.3, -0.25) is 0 Å². The predicted octanol–water partition coefficient (Wildman–Crippen LogP) is 9.58. The molecular formula is C30H52P2. The van der Waals surface area contributed by atoms with Crippen LogP contribution in [0.2, 0.25) is 0 Å². The zero-order valence-electron chi connectivity index (χ0n) is 22.8. The molecule has 2 aliphatic carbocycles. The molecule has 0 heterocycles. The molecule has 0 radical (unpaired) electrons. The monoisotopic (exact) mass is 474 g/mol. The summed E-state index contributed by atoms with van der Waals surface area (Å²) in [7, 11) is 0.0678. The lowest BCUT2D eigenvalue weighted by Crippen LogP contribution is -2.25. The van der Waals surface area contributed by atoms with Gasteiger partial charge in [0.15, 0.2) is 0 Å². The molecule has 2 unspecified atom stereocenters. The number of rotatable bonds is 13. The number of allylic oxidation sites excluding steroid dienone is 8. The van der Waals surface area contributed by atoms with Crippen LogP contribution in [0, 0.1) is 35.5 Å². The summed E-state index contributed by atoms with van der Waals surface area (Å²) >= 11 is 0. The summed E-state index contributed by atoms with van der Waals surface area (Å²) in [4.78, 5) is 0. The molecule has 0 saturated carbocycles. The zero-order valence-corrected chi connectivity index (χ0v) is 24.6. The highest BCUT2D eigenvalue weighted by Crippen LogP contribution is 2.55. The van der Waals surface area contributed by atoms with Gasteiger partial charge in [0.25, 0.3) is 0 Å². The fourth-order valence-electron chi connectivity index (χ4n) is 5.59. The fourth-order valence-corrected chi connectivity index (χ4v) is 12.3. The summed E-state index contributed by atoms with van der Waals surface area (Å²) in [5.41, 5.74) is 4.91. The summed E-state index contributed by atoms with van der Waals surface area (Å²) < 4.78 is 0. The third-order valence-corrected chi connectivity index (χ3v) is 14.4. The molecule has 0 aromatic heterocycles. The molecule has 0 amide bonds. The van der Waals surface area contributed by atoms with Gasteiger partial charge in [-0.1, -0.05) is 133 Å². The first-order chi connectivity index (χ1) is 15.0. The Morgan fingerprint density at radius 2 is 0.812 bits per heavy atom. The summed E-state index contributed by atoms with van der Waals surface area (Å²) in [6.07, 6.45) is 20.4. The third-order valence-electron chi connectivity index (χ3n) is 6.83. The lowest BCUT2D eigenvalue weighted by molar-refractivity contribution is 0.592. The lowest BCUT2D eigenvalue weighted by Gasteiger charge is -2.36. The SMILES string of the molecule is CC(C)CP(CC(C)C)[C@H](C)C1=CC=CC1C1C=CC=C1[C@@H](C)P(CC(C)C)CC(C)C. The molecule has 0 fully saturated rings. The summed E-state index contributed by atoms with van der Waals surface area (Å²) in [6.45, 7) is 24.4. The topological polar surface area (TPSA) is 0 Å². The highest BCUT2D eigenvalue weighted by Gasteiger charge is 2.36. The van der Waals surface area contributed by atoms with Gasteiger partial charge in [-0.15, -0.1) is 0 Å². The third kappa shape index (κ3) is 7.95. The minimum atomic E-state index is 0.0339. The van der Waals surface area contributed by atoms with E-state index in [1.165, 1.54) is 24.6 Å². The van der Waals surface area contributed by atoms with Crippen molar-refractivity contribution in [3.8, 4) is 0 Å². The molecule has 0 saturated heterocycles. The molecule has 0 aromatic rings.